The van der Waals surface area contributed by atoms with Crippen LogP contribution in [0.3, 0.4) is 0 Å². The van der Waals surface area contributed by atoms with Crippen LogP contribution in [0.25, 0.3) is 0 Å². The average molecular weight is 277 g/mol. The van der Waals surface area contributed by atoms with Crippen LogP contribution in [0.5, 0.6) is 0 Å². The van der Waals surface area contributed by atoms with Crippen LogP contribution in [0.2, 0.25) is 0 Å². The Labute approximate surface area is 127 Å². The molecule has 0 N–H and O–H groups in total. The first-order valence-electron chi connectivity index (χ1n) is 9.65. The second-order valence-electron chi connectivity index (χ2n) is 8.71. The number of fused-ring (bicyclic) bond motifs is 1. The Hall–Kier alpha value is 0. The minimum absolute atomic E-state index is 0.664. The van der Waals surface area contributed by atoms with E-state index < -0.39 is 0 Å². The van der Waals surface area contributed by atoms with Gasteiger partial charge in [0, 0.05) is 0 Å². The van der Waals surface area contributed by atoms with E-state index in [1.165, 1.54) is 44.9 Å². The van der Waals surface area contributed by atoms with E-state index in [4.69, 9.17) is 0 Å². The lowest BCUT2D eigenvalue weighted by atomic mass is 9.57. The normalized spacial score (nSPS) is 44.9. The molecule has 3 aliphatic carbocycles. The zero-order valence-electron chi connectivity index (χ0n) is 14.2. The Morgan fingerprint density at radius 2 is 1.55 bits per heavy atom. The Kier molecular flexibility index (Phi) is 4.48. The van der Waals surface area contributed by atoms with Gasteiger partial charge in [-0.15, -0.1) is 0 Å². The fourth-order valence-electron chi connectivity index (χ4n) is 6.32. The van der Waals surface area contributed by atoms with E-state index in [1.807, 2.05) is 0 Å². The van der Waals surface area contributed by atoms with E-state index in [2.05, 4.69) is 20.8 Å². The quantitative estimate of drug-likeness (QED) is 0.556. The third kappa shape index (κ3) is 2.57. The highest BCUT2D eigenvalue weighted by Crippen LogP contribution is 2.58. The monoisotopic (exact) mass is 276 g/mol. The molecule has 20 heavy (non-hydrogen) atoms. The van der Waals surface area contributed by atoms with Gasteiger partial charge in [-0.05, 0) is 67.1 Å². The number of hydrogen-bond acceptors (Lipinski definition) is 0. The molecule has 0 nitrogen and oxygen atoms in total. The molecule has 3 aliphatic rings. The van der Waals surface area contributed by atoms with Crippen molar-refractivity contribution in [1.29, 1.82) is 0 Å². The van der Waals surface area contributed by atoms with Gasteiger partial charge in [0.15, 0.2) is 0 Å². The first kappa shape index (κ1) is 14.9. The van der Waals surface area contributed by atoms with Gasteiger partial charge in [-0.25, -0.2) is 0 Å². The molecular formula is C20H36. The highest BCUT2D eigenvalue weighted by atomic mass is 14.5. The SMILES string of the molecule is CCC(C)(C1CCC(C)CC1)C1CCC2CCCCC21. The van der Waals surface area contributed by atoms with E-state index in [1.54, 1.807) is 25.7 Å². The fourth-order valence-corrected chi connectivity index (χ4v) is 6.32. The summed E-state index contributed by atoms with van der Waals surface area (Å²) in [5.41, 5.74) is 0.664. The summed E-state index contributed by atoms with van der Waals surface area (Å²) in [7, 11) is 0. The van der Waals surface area contributed by atoms with Gasteiger partial charge in [0.05, 0.1) is 0 Å². The van der Waals surface area contributed by atoms with E-state index in [0.717, 1.165) is 29.6 Å². The Bertz CT molecular complexity index is 312. The molecule has 0 saturated heterocycles. The second-order valence-corrected chi connectivity index (χ2v) is 8.71. The van der Waals surface area contributed by atoms with Crippen LogP contribution in [-0.4, -0.2) is 0 Å². The Morgan fingerprint density at radius 1 is 0.850 bits per heavy atom. The molecule has 0 radical (unpaired) electrons. The summed E-state index contributed by atoms with van der Waals surface area (Å²) in [6.07, 6.45) is 16.8. The highest BCUT2D eigenvalue weighted by Gasteiger charge is 2.49. The van der Waals surface area contributed by atoms with Crippen molar-refractivity contribution in [3.63, 3.8) is 0 Å². The predicted octanol–water partition coefficient (Wildman–Crippen LogP) is 6.45. The van der Waals surface area contributed by atoms with Crippen molar-refractivity contribution in [3.8, 4) is 0 Å². The fraction of sp³-hybridized carbons (Fsp3) is 1.00. The summed E-state index contributed by atoms with van der Waals surface area (Å²) < 4.78 is 0. The van der Waals surface area contributed by atoms with Crippen LogP contribution < -0.4 is 0 Å². The standard InChI is InChI=1S/C20H36/c1-4-20(3,17-12-9-15(2)10-13-17)19-14-11-16-7-5-6-8-18(16)19/h15-19H,4-14H2,1-3H3. The molecule has 0 aromatic heterocycles. The van der Waals surface area contributed by atoms with Crippen molar-refractivity contribution < 1.29 is 0 Å². The molecule has 0 bridgehead atoms. The second kappa shape index (κ2) is 6.01. The molecule has 0 heteroatoms. The van der Waals surface area contributed by atoms with Gasteiger partial charge >= 0.3 is 0 Å². The van der Waals surface area contributed by atoms with Gasteiger partial charge in [0.25, 0.3) is 0 Å². The molecule has 0 amide bonds. The zero-order chi connectivity index (χ0) is 14.2. The van der Waals surface area contributed by atoms with Crippen LogP contribution in [-0.2, 0) is 0 Å². The third-order valence-corrected chi connectivity index (χ3v) is 7.89. The molecule has 4 atom stereocenters. The maximum absolute atomic E-state index is 2.69. The molecule has 3 rings (SSSR count). The zero-order valence-corrected chi connectivity index (χ0v) is 14.2. The molecule has 116 valence electrons. The average Bonchev–Trinajstić information content (AvgIpc) is 2.91. The van der Waals surface area contributed by atoms with Gasteiger partial charge in [-0.2, -0.15) is 0 Å². The van der Waals surface area contributed by atoms with Crippen molar-refractivity contribution in [2.75, 3.05) is 0 Å². The molecule has 0 spiro atoms. The van der Waals surface area contributed by atoms with Gasteiger partial charge in [0.2, 0.25) is 0 Å². The maximum Gasteiger partial charge on any atom is -0.0269 e. The van der Waals surface area contributed by atoms with Gasteiger partial charge in [0.1, 0.15) is 0 Å². The lowest BCUT2D eigenvalue weighted by molar-refractivity contribution is 0.0143. The van der Waals surface area contributed by atoms with Crippen LogP contribution >= 0.6 is 0 Å². The summed E-state index contributed by atoms with van der Waals surface area (Å²) in [5, 5.41) is 0. The minimum atomic E-state index is 0.664. The molecule has 0 aliphatic heterocycles. The molecule has 0 aromatic carbocycles. The first-order valence-corrected chi connectivity index (χ1v) is 9.65. The van der Waals surface area contributed by atoms with Crippen LogP contribution in [0, 0.1) is 35.0 Å². The van der Waals surface area contributed by atoms with E-state index in [0.29, 0.717) is 5.41 Å². The lowest BCUT2D eigenvalue weighted by Crippen LogP contribution is -2.40. The Morgan fingerprint density at radius 3 is 2.25 bits per heavy atom. The van der Waals surface area contributed by atoms with Gasteiger partial charge in [-0.1, -0.05) is 59.3 Å². The topological polar surface area (TPSA) is 0 Å². The maximum atomic E-state index is 2.69. The molecule has 4 unspecified atom stereocenters. The number of rotatable bonds is 3. The Balaban J connectivity index is 1.74. The van der Waals surface area contributed by atoms with Crippen molar-refractivity contribution in [1.82, 2.24) is 0 Å². The third-order valence-electron chi connectivity index (χ3n) is 7.89. The summed E-state index contributed by atoms with van der Waals surface area (Å²) in [5.74, 6) is 5.32. The van der Waals surface area contributed by atoms with Crippen LogP contribution in [0.15, 0.2) is 0 Å². The molecule has 0 heterocycles. The van der Waals surface area contributed by atoms with E-state index in [-0.39, 0.29) is 0 Å². The van der Waals surface area contributed by atoms with Crippen LogP contribution in [0.1, 0.15) is 91.4 Å². The van der Waals surface area contributed by atoms with E-state index >= 15 is 0 Å². The summed E-state index contributed by atoms with van der Waals surface area (Å²) >= 11 is 0. The van der Waals surface area contributed by atoms with Crippen molar-refractivity contribution in [3.05, 3.63) is 0 Å². The van der Waals surface area contributed by atoms with Gasteiger partial charge < -0.3 is 0 Å². The summed E-state index contributed by atoms with van der Waals surface area (Å²) in [6, 6.07) is 0. The summed E-state index contributed by atoms with van der Waals surface area (Å²) in [4.78, 5) is 0. The smallest absolute Gasteiger partial charge is 0.0269 e. The van der Waals surface area contributed by atoms with E-state index in [9.17, 15) is 0 Å². The van der Waals surface area contributed by atoms with Gasteiger partial charge in [-0.3, -0.25) is 0 Å². The van der Waals surface area contributed by atoms with Crippen molar-refractivity contribution in [2.45, 2.75) is 91.4 Å². The molecule has 0 aromatic rings. The largest absolute Gasteiger partial charge is 0.0648 e. The first-order chi connectivity index (χ1) is 9.65. The molecule has 3 fully saturated rings. The molecule has 3 saturated carbocycles. The minimum Gasteiger partial charge on any atom is -0.0648 e. The number of hydrogen-bond donors (Lipinski definition) is 0. The lowest BCUT2D eigenvalue weighted by Gasteiger charge is -2.48. The van der Waals surface area contributed by atoms with Crippen molar-refractivity contribution >= 4 is 0 Å². The summed E-state index contributed by atoms with van der Waals surface area (Å²) in [6.45, 7) is 7.65. The van der Waals surface area contributed by atoms with Crippen molar-refractivity contribution in [2.24, 2.45) is 35.0 Å². The van der Waals surface area contributed by atoms with Crippen LogP contribution in [0.4, 0.5) is 0 Å². The predicted molar refractivity (Wildman–Crippen MR) is 87.7 cm³/mol. The highest BCUT2D eigenvalue weighted by molar-refractivity contribution is 4.98. The molecular weight excluding hydrogens is 240 g/mol.